The van der Waals surface area contributed by atoms with Crippen LogP contribution in [-0.4, -0.2) is 119 Å². The average molecular weight is 588 g/mol. The van der Waals surface area contributed by atoms with Gasteiger partial charge in [0.1, 0.15) is 6.17 Å². The van der Waals surface area contributed by atoms with E-state index >= 15 is 4.39 Å². The van der Waals surface area contributed by atoms with Crippen molar-refractivity contribution in [3.8, 4) is 0 Å². The SMILES string of the molecule is C=CC(=O)N1C(C)CN(C2NC(=O)N3C4NC(C(F)CC24)C2CNNN2CC=CCC2CCNC(C(C)C)C23)CC1C. The van der Waals surface area contributed by atoms with Crippen LogP contribution in [0.3, 0.4) is 0 Å². The first-order valence-electron chi connectivity index (χ1n) is 16.0. The Morgan fingerprint density at radius 2 is 1.93 bits per heavy atom. The summed E-state index contributed by atoms with van der Waals surface area (Å²) in [5.74, 6) is 0.406. The lowest BCUT2D eigenvalue weighted by atomic mass is 9.76. The highest BCUT2D eigenvalue weighted by molar-refractivity contribution is 5.87. The van der Waals surface area contributed by atoms with E-state index in [-0.39, 0.29) is 60.4 Å². The number of urea groups is 1. The molecule has 12 heteroatoms. The number of carbonyl (C=O) groups excluding carboxylic acids is 2. The van der Waals surface area contributed by atoms with Gasteiger partial charge in [0.2, 0.25) is 5.91 Å². The number of alkyl halides is 1. The maximum Gasteiger partial charge on any atom is 0.320 e. The van der Waals surface area contributed by atoms with E-state index in [0.717, 1.165) is 19.4 Å². The molecule has 42 heavy (non-hydrogen) atoms. The van der Waals surface area contributed by atoms with Gasteiger partial charge in [-0.15, -0.1) is 0 Å². The number of halogens is 1. The molecule has 6 aliphatic heterocycles. The van der Waals surface area contributed by atoms with Crippen LogP contribution in [0, 0.1) is 17.8 Å². The third-order valence-corrected chi connectivity index (χ3v) is 10.7. The van der Waals surface area contributed by atoms with Crippen LogP contribution in [0.25, 0.3) is 0 Å². The van der Waals surface area contributed by atoms with Crippen LogP contribution in [0.4, 0.5) is 9.18 Å². The number of piperazine rings is 1. The molecule has 234 valence electrons. The molecule has 11 unspecified atom stereocenters. The van der Waals surface area contributed by atoms with Crippen molar-refractivity contribution in [2.75, 3.05) is 32.7 Å². The fraction of sp³-hybridized carbons (Fsp3) is 0.800. The summed E-state index contributed by atoms with van der Waals surface area (Å²) in [5, 5.41) is 13.0. The molecule has 0 radical (unpaired) electrons. The molecule has 0 aromatic heterocycles. The van der Waals surface area contributed by atoms with E-state index < -0.39 is 12.2 Å². The van der Waals surface area contributed by atoms with Gasteiger partial charge in [0.25, 0.3) is 0 Å². The number of fused-ring (bicyclic) bond motifs is 5. The first-order valence-corrected chi connectivity index (χ1v) is 16.0. The van der Waals surface area contributed by atoms with Crippen LogP contribution in [0.5, 0.6) is 0 Å². The number of hydrazine groups is 2. The second-order valence-corrected chi connectivity index (χ2v) is 13.6. The number of carbonyl (C=O) groups is 2. The van der Waals surface area contributed by atoms with Crippen molar-refractivity contribution < 1.29 is 14.0 Å². The normalized spacial score (nSPS) is 43.2. The number of nitrogens with one attached hydrogen (secondary N) is 5. The van der Waals surface area contributed by atoms with Gasteiger partial charge < -0.3 is 20.4 Å². The Bertz CT molecular complexity index is 1050. The van der Waals surface area contributed by atoms with Crippen molar-refractivity contribution in [1.29, 1.82) is 0 Å². The quantitative estimate of drug-likeness (QED) is 0.243. The average Bonchev–Trinajstić information content (AvgIpc) is 3.41. The van der Waals surface area contributed by atoms with Crippen LogP contribution in [0.2, 0.25) is 0 Å². The Kier molecular flexibility index (Phi) is 8.65. The van der Waals surface area contributed by atoms with Gasteiger partial charge in [-0.05, 0) is 57.6 Å². The molecule has 11 atom stereocenters. The van der Waals surface area contributed by atoms with E-state index in [1.807, 2.05) is 18.7 Å². The minimum atomic E-state index is -1.08. The van der Waals surface area contributed by atoms with E-state index in [1.165, 1.54) is 6.08 Å². The van der Waals surface area contributed by atoms with E-state index in [0.29, 0.717) is 44.4 Å². The Balaban J connectivity index is 1.37. The molecule has 2 bridgehead atoms. The first kappa shape index (κ1) is 30.0. The highest BCUT2D eigenvalue weighted by atomic mass is 19.1. The standard InChI is InChI=1S/C30H50FN9O2/c1-6-24(41)39-18(4)15-37(16-19(39)5)28-21-13-22(31)26-23-14-33-36-38(23)12-8-7-9-20-10-11-32-25(17(2)3)27(20)40(29(21)34-26)30(42)35-28/h6-8,17-23,25-29,32-34,36H,1,9-16H2,2-5H3,(H,35,42). The van der Waals surface area contributed by atoms with Gasteiger partial charge in [-0.3, -0.25) is 15.0 Å². The van der Waals surface area contributed by atoms with Gasteiger partial charge >= 0.3 is 6.03 Å². The zero-order chi connectivity index (χ0) is 29.7. The highest BCUT2D eigenvalue weighted by Crippen LogP contribution is 2.40. The minimum Gasteiger partial charge on any atom is -0.331 e. The molecular formula is C30H50FN9O2. The zero-order valence-electron chi connectivity index (χ0n) is 25.5. The summed E-state index contributed by atoms with van der Waals surface area (Å²) in [4.78, 5) is 33.2. The molecule has 0 saturated carbocycles. The lowest BCUT2D eigenvalue weighted by Gasteiger charge is -2.60. The lowest BCUT2D eigenvalue weighted by molar-refractivity contribution is -0.137. The molecule has 0 aromatic carbocycles. The first-order chi connectivity index (χ1) is 20.2. The third kappa shape index (κ3) is 5.28. The number of piperidine rings is 2. The molecule has 3 amide bonds. The summed E-state index contributed by atoms with van der Waals surface area (Å²) in [6, 6.07) is -0.580. The highest BCUT2D eigenvalue weighted by Gasteiger charge is 2.56. The monoisotopic (exact) mass is 587 g/mol. The number of allylic oxidation sites excluding steroid dienone is 1. The fourth-order valence-corrected chi connectivity index (χ4v) is 8.86. The van der Waals surface area contributed by atoms with Crippen molar-refractivity contribution in [2.45, 2.75) is 102 Å². The maximum atomic E-state index is 16.4. The molecule has 0 aromatic rings. The fourth-order valence-electron chi connectivity index (χ4n) is 8.86. The second-order valence-electron chi connectivity index (χ2n) is 13.6. The van der Waals surface area contributed by atoms with Gasteiger partial charge in [-0.2, -0.15) is 5.53 Å². The summed E-state index contributed by atoms with van der Waals surface area (Å²) in [7, 11) is 0. The Hall–Kier alpha value is -2.09. The van der Waals surface area contributed by atoms with Crippen LogP contribution >= 0.6 is 0 Å². The largest absolute Gasteiger partial charge is 0.331 e. The van der Waals surface area contributed by atoms with Crippen molar-refractivity contribution in [2.24, 2.45) is 17.8 Å². The number of nitrogens with zero attached hydrogens (tertiary/aromatic N) is 4. The van der Waals surface area contributed by atoms with Gasteiger partial charge in [-0.1, -0.05) is 32.6 Å². The van der Waals surface area contributed by atoms with Crippen LogP contribution in [0.15, 0.2) is 24.8 Å². The van der Waals surface area contributed by atoms with Crippen LogP contribution in [-0.2, 0) is 4.79 Å². The van der Waals surface area contributed by atoms with Gasteiger partial charge in [0.05, 0.1) is 30.5 Å². The van der Waals surface area contributed by atoms with E-state index in [9.17, 15) is 9.59 Å². The number of hydrogen-bond donors (Lipinski definition) is 5. The Labute approximate surface area is 249 Å². The molecule has 0 aliphatic carbocycles. The minimum absolute atomic E-state index is 0.0172. The molecular weight excluding hydrogens is 537 g/mol. The van der Waals surface area contributed by atoms with E-state index in [2.05, 4.69) is 74.3 Å². The summed E-state index contributed by atoms with van der Waals surface area (Å²) in [5.41, 5.74) is 6.46. The predicted molar refractivity (Wildman–Crippen MR) is 159 cm³/mol. The van der Waals surface area contributed by atoms with Crippen molar-refractivity contribution in [3.05, 3.63) is 24.8 Å². The molecule has 5 N–H and O–H groups in total. The van der Waals surface area contributed by atoms with E-state index in [1.54, 1.807) is 0 Å². The topological polar surface area (TPSA) is 107 Å². The second kappa shape index (κ2) is 12.1. The molecule has 5 fully saturated rings. The van der Waals surface area contributed by atoms with Gasteiger partial charge in [-0.25, -0.2) is 19.6 Å². The smallest absolute Gasteiger partial charge is 0.320 e. The van der Waals surface area contributed by atoms with Crippen molar-refractivity contribution in [3.63, 3.8) is 0 Å². The lowest BCUT2D eigenvalue weighted by Crippen LogP contribution is -2.80. The predicted octanol–water partition coefficient (Wildman–Crippen LogP) is 0.743. The molecule has 0 spiro atoms. The van der Waals surface area contributed by atoms with Gasteiger partial charge in [0, 0.05) is 50.2 Å². The van der Waals surface area contributed by atoms with Crippen LogP contribution in [0.1, 0.15) is 47.0 Å². The van der Waals surface area contributed by atoms with Crippen molar-refractivity contribution >= 4 is 11.9 Å². The third-order valence-electron chi connectivity index (χ3n) is 10.7. The summed E-state index contributed by atoms with van der Waals surface area (Å²) < 4.78 is 16.4. The molecule has 11 nitrogen and oxygen atoms in total. The van der Waals surface area contributed by atoms with Crippen molar-refractivity contribution in [1.82, 2.24) is 46.6 Å². The summed E-state index contributed by atoms with van der Waals surface area (Å²) in [6.07, 6.45) is 6.34. The van der Waals surface area contributed by atoms with Crippen LogP contribution < -0.4 is 26.9 Å². The Morgan fingerprint density at radius 3 is 2.64 bits per heavy atom. The zero-order valence-corrected chi connectivity index (χ0v) is 25.5. The molecule has 6 heterocycles. The molecule has 6 aliphatic rings. The summed E-state index contributed by atoms with van der Waals surface area (Å²) in [6.45, 7) is 15.7. The van der Waals surface area contributed by atoms with Gasteiger partial charge in [0.15, 0.2) is 0 Å². The van der Waals surface area contributed by atoms with E-state index in [4.69, 9.17) is 0 Å². The maximum absolute atomic E-state index is 16.4. The Morgan fingerprint density at radius 1 is 1.17 bits per heavy atom. The number of amides is 3. The molecule has 6 rings (SSSR count). The molecule has 5 saturated heterocycles. The number of rotatable bonds is 3. The summed E-state index contributed by atoms with van der Waals surface area (Å²) >= 11 is 0. The number of hydrogen-bond acceptors (Lipinski definition) is 8.